The van der Waals surface area contributed by atoms with Gasteiger partial charge in [-0.3, -0.25) is 9.69 Å². The number of carbonyl (C=O) groups is 1. The summed E-state index contributed by atoms with van der Waals surface area (Å²) in [6.07, 6.45) is 5.54. The lowest BCUT2D eigenvalue weighted by Crippen LogP contribution is -2.48. The van der Waals surface area contributed by atoms with Gasteiger partial charge in [0.15, 0.2) is 5.76 Å². The monoisotopic (exact) mass is 425 g/mol. The van der Waals surface area contributed by atoms with Gasteiger partial charge in [-0.25, -0.2) is 0 Å². The number of hydrogen-bond donors (Lipinski definition) is 1. The zero-order chi connectivity index (χ0) is 21.8. The Hall–Kier alpha value is -2.79. The number of rotatable bonds is 6. The van der Waals surface area contributed by atoms with E-state index < -0.39 is 0 Å². The van der Waals surface area contributed by atoms with E-state index >= 15 is 0 Å². The third-order valence-corrected chi connectivity index (χ3v) is 6.48. The lowest BCUT2D eigenvalue weighted by atomic mass is 9.95. The molecule has 2 aromatic rings. The van der Waals surface area contributed by atoms with E-state index in [1.54, 1.807) is 18.4 Å². The number of nitrogens with one attached hydrogen (secondary N) is 1. The molecule has 1 N–H and O–H groups in total. The molecule has 8 nitrogen and oxygen atoms in total. The molecule has 0 saturated carbocycles. The van der Waals surface area contributed by atoms with Gasteiger partial charge in [0.2, 0.25) is 17.5 Å². The van der Waals surface area contributed by atoms with E-state index in [4.69, 9.17) is 8.83 Å². The largest absolute Gasteiger partial charge is 0.459 e. The molecule has 2 saturated heterocycles. The lowest BCUT2D eigenvalue weighted by molar-refractivity contribution is -0.125. The SMILES string of the molecule is CC1CCCN(C(C)CNC(=O)C2CCN(c3oc(-c4ccco4)nc3C#N)CC2)C1. The van der Waals surface area contributed by atoms with Crippen LogP contribution in [0.4, 0.5) is 5.88 Å². The maximum Gasteiger partial charge on any atom is 0.266 e. The number of piperidine rings is 2. The number of aromatic nitrogens is 1. The first-order chi connectivity index (χ1) is 15.0. The minimum atomic E-state index is -0.0123. The second-order valence-electron chi connectivity index (χ2n) is 8.86. The van der Waals surface area contributed by atoms with Crippen molar-refractivity contribution in [3.05, 3.63) is 24.1 Å². The minimum absolute atomic E-state index is 0.0123. The first-order valence-corrected chi connectivity index (χ1v) is 11.3. The normalized spacial score (nSPS) is 21.6. The van der Waals surface area contributed by atoms with Gasteiger partial charge < -0.3 is 19.1 Å². The highest BCUT2D eigenvalue weighted by molar-refractivity contribution is 5.79. The molecule has 166 valence electrons. The molecular formula is C23H31N5O3. The smallest absolute Gasteiger partial charge is 0.266 e. The highest BCUT2D eigenvalue weighted by atomic mass is 16.4. The molecule has 2 aliphatic rings. The number of nitrogens with zero attached hydrogens (tertiary/aromatic N) is 4. The number of anilines is 1. The average molecular weight is 426 g/mol. The first kappa shape index (κ1) is 21.4. The second kappa shape index (κ2) is 9.56. The standard InChI is InChI=1S/C23H31N5O3/c1-16-5-3-9-28(15-16)17(2)14-25-21(29)18-7-10-27(11-8-18)23-19(13-24)26-22(31-23)20-6-4-12-30-20/h4,6,12,16-18H,3,5,7-11,14-15H2,1-2H3,(H,25,29). The zero-order valence-corrected chi connectivity index (χ0v) is 18.3. The van der Waals surface area contributed by atoms with E-state index in [0.717, 1.165) is 31.8 Å². The van der Waals surface area contributed by atoms with Gasteiger partial charge in [-0.15, -0.1) is 0 Å². The number of likely N-dealkylation sites (tertiary alicyclic amines) is 1. The summed E-state index contributed by atoms with van der Waals surface area (Å²) in [5.41, 5.74) is 0.249. The van der Waals surface area contributed by atoms with Crippen LogP contribution in [0.15, 0.2) is 27.2 Å². The van der Waals surface area contributed by atoms with Gasteiger partial charge in [-0.05, 0) is 57.2 Å². The van der Waals surface area contributed by atoms with Crippen molar-refractivity contribution in [1.29, 1.82) is 5.26 Å². The predicted octanol–water partition coefficient (Wildman–Crippen LogP) is 3.26. The van der Waals surface area contributed by atoms with Crippen molar-refractivity contribution >= 4 is 11.8 Å². The number of nitriles is 1. The number of amides is 1. The van der Waals surface area contributed by atoms with E-state index in [2.05, 4.69) is 35.1 Å². The predicted molar refractivity (Wildman–Crippen MR) is 116 cm³/mol. The summed E-state index contributed by atoms with van der Waals surface area (Å²) in [6.45, 7) is 8.74. The molecule has 8 heteroatoms. The van der Waals surface area contributed by atoms with Crippen LogP contribution in [0.25, 0.3) is 11.7 Å². The molecule has 0 bridgehead atoms. The van der Waals surface area contributed by atoms with Crippen LogP contribution in [0.3, 0.4) is 0 Å². The Kier molecular flexibility index (Phi) is 6.62. The summed E-state index contributed by atoms with van der Waals surface area (Å²) >= 11 is 0. The van der Waals surface area contributed by atoms with Crippen molar-refractivity contribution in [1.82, 2.24) is 15.2 Å². The summed E-state index contributed by atoms with van der Waals surface area (Å²) < 4.78 is 11.2. The van der Waals surface area contributed by atoms with Gasteiger partial charge >= 0.3 is 0 Å². The fourth-order valence-corrected chi connectivity index (χ4v) is 4.60. The molecule has 2 fully saturated rings. The molecule has 0 radical (unpaired) electrons. The Morgan fingerprint density at radius 2 is 2.16 bits per heavy atom. The maximum absolute atomic E-state index is 12.7. The second-order valence-corrected chi connectivity index (χ2v) is 8.86. The van der Waals surface area contributed by atoms with Gasteiger partial charge in [-0.1, -0.05) is 6.92 Å². The van der Waals surface area contributed by atoms with E-state index in [1.165, 1.54) is 12.8 Å². The van der Waals surface area contributed by atoms with Crippen LogP contribution in [0.2, 0.25) is 0 Å². The quantitative estimate of drug-likeness (QED) is 0.758. The minimum Gasteiger partial charge on any atom is -0.459 e. The molecule has 2 aliphatic heterocycles. The third kappa shape index (κ3) is 4.93. The highest BCUT2D eigenvalue weighted by Crippen LogP contribution is 2.31. The molecular weight excluding hydrogens is 394 g/mol. The van der Waals surface area contributed by atoms with Gasteiger partial charge in [0.1, 0.15) is 6.07 Å². The molecule has 0 aromatic carbocycles. The third-order valence-electron chi connectivity index (χ3n) is 6.48. The fraction of sp³-hybridized carbons (Fsp3) is 0.609. The van der Waals surface area contributed by atoms with Gasteiger partial charge in [0, 0.05) is 38.1 Å². The molecule has 1 amide bonds. The Bertz CT molecular complexity index is 908. The molecule has 0 aliphatic carbocycles. The van der Waals surface area contributed by atoms with E-state index in [9.17, 15) is 10.1 Å². The Labute approximate surface area is 183 Å². The fourth-order valence-electron chi connectivity index (χ4n) is 4.60. The van der Waals surface area contributed by atoms with E-state index in [0.29, 0.717) is 43.2 Å². The number of carbonyl (C=O) groups excluding carboxylic acids is 1. The molecule has 4 rings (SSSR count). The van der Waals surface area contributed by atoms with Crippen molar-refractivity contribution in [2.24, 2.45) is 11.8 Å². The Balaban J connectivity index is 1.29. The van der Waals surface area contributed by atoms with Crippen LogP contribution in [0.1, 0.15) is 45.2 Å². The van der Waals surface area contributed by atoms with Crippen molar-refractivity contribution in [3.8, 4) is 17.7 Å². The van der Waals surface area contributed by atoms with Crippen LogP contribution < -0.4 is 10.2 Å². The summed E-state index contributed by atoms with van der Waals surface area (Å²) in [7, 11) is 0. The van der Waals surface area contributed by atoms with Gasteiger partial charge in [-0.2, -0.15) is 10.2 Å². The molecule has 0 spiro atoms. The summed E-state index contributed by atoms with van der Waals surface area (Å²) in [6, 6.07) is 5.97. The van der Waals surface area contributed by atoms with Crippen LogP contribution in [0, 0.1) is 23.2 Å². The van der Waals surface area contributed by atoms with Crippen molar-refractivity contribution in [3.63, 3.8) is 0 Å². The van der Waals surface area contributed by atoms with Crippen LogP contribution in [0.5, 0.6) is 0 Å². The topological polar surface area (TPSA) is 98.5 Å². The molecule has 31 heavy (non-hydrogen) atoms. The van der Waals surface area contributed by atoms with E-state index in [1.807, 2.05) is 4.90 Å². The average Bonchev–Trinajstić information content (AvgIpc) is 3.47. The Morgan fingerprint density at radius 3 is 2.84 bits per heavy atom. The summed E-state index contributed by atoms with van der Waals surface area (Å²) in [5.74, 6) is 2.11. The number of furan rings is 1. The molecule has 4 heterocycles. The van der Waals surface area contributed by atoms with Crippen molar-refractivity contribution in [2.45, 2.75) is 45.6 Å². The maximum atomic E-state index is 12.7. The van der Waals surface area contributed by atoms with E-state index in [-0.39, 0.29) is 17.5 Å². The molecule has 2 atom stereocenters. The number of oxazole rings is 1. The van der Waals surface area contributed by atoms with Crippen LogP contribution in [-0.2, 0) is 4.79 Å². The van der Waals surface area contributed by atoms with Gasteiger partial charge in [0.05, 0.1) is 6.26 Å². The summed E-state index contributed by atoms with van der Waals surface area (Å²) in [5, 5.41) is 12.6. The first-order valence-electron chi connectivity index (χ1n) is 11.3. The lowest BCUT2D eigenvalue weighted by Gasteiger charge is -2.36. The van der Waals surface area contributed by atoms with Gasteiger partial charge in [0.25, 0.3) is 5.89 Å². The van der Waals surface area contributed by atoms with Crippen LogP contribution >= 0.6 is 0 Å². The molecule has 2 unspecified atom stereocenters. The highest BCUT2D eigenvalue weighted by Gasteiger charge is 2.30. The zero-order valence-electron chi connectivity index (χ0n) is 18.3. The number of hydrogen-bond acceptors (Lipinski definition) is 7. The van der Waals surface area contributed by atoms with Crippen molar-refractivity contribution in [2.75, 3.05) is 37.6 Å². The van der Waals surface area contributed by atoms with Crippen molar-refractivity contribution < 1.29 is 13.6 Å². The van der Waals surface area contributed by atoms with Crippen LogP contribution in [-0.4, -0.2) is 54.6 Å². The Morgan fingerprint density at radius 1 is 1.35 bits per heavy atom. The summed E-state index contributed by atoms with van der Waals surface area (Å²) in [4.78, 5) is 21.5. The molecule has 2 aromatic heterocycles.